The van der Waals surface area contributed by atoms with Crippen LogP contribution in [0, 0.1) is 0 Å². The van der Waals surface area contributed by atoms with Crippen LogP contribution in [-0.4, -0.2) is 36.5 Å². The van der Waals surface area contributed by atoms with E-state index in [0.29, 0.717) is 18.9 Å². The molecule has 27 heavy (non-hydrogen) atoms. The zero-order chi connectivity index (χ0) is 19.6. The fourth-order valence-electron chi connectivity index (χ4n) is 2.57. The number of carbonyl (C=O) groups excluding carboxylic acids is 2. The zero-order valence-corrected chi connectivity index (χ0v) is 15.9. The molecule has 0 bridgehead atoms. The molecule has 0 spiro atoms. The van der Waals surface area contributed by atoms with Gasteiger partial charge < -0.3 is 14.4 Å². The third kappa shape index (κ3) is 6.29. The normalized spacial score (nSPS) is 11.8. The molecule has 2 aromatic rings. The molecule has 0 saturated carbocycles. The second kappa shape index (κ2) is 10.2. The molecule has 0 heterocycles. The number of ether oxygens (including phenoxy) is 2. The summed E-state index contributed by atoms with van der Waals surface area (Å²) in [5, 5.41) is 0. The molecule has 0 fully saturated rings. The van der Waals surface area contributed by atoms with Crippen LogP contribution in [0.15, 0.2) is 60.7 Å². The summed E-state index contributed by atoms with van der Waals surface area (Å²) >= 11 is 0. The Morgan fingerprint density at radius 2 is 1.74 bits per heavy atom. The maximum Gasteiger partial charge on any atom is 0.331 e. The summed E-state index contributed by atoms with van der Waals surface area (Å²) in [5.74, 6) is -0.138. The summed E-state index contributed by atoms with van der Waals surface area (Å²) < 4.78 is 10.7. The molecule has 5 nitrogen and oxygen atoms in total. The molecule has 142 valence electrons. The van der Waals surface area contributed by atoms with Gasteiger partial charge in [0, 0.05) is 25.2 Å². The van der Waals surface area contributed by atoms with Crippen molar-refractivity contribution in [3.8, 4) is 5.75 Å². The maximum absolute atomic E-state index is 12.4. The fraction of sp³-hybridized carbons (Fsp3) is 0.273. The van der Waals surface area contributed by atoms with Gasteiger partial charge in [-0.05, 0) is 31.6 Å². The average molecular weight is 367 g/mol. The van der Waals surface area contributed by atoms with Crippen LogP contribution in [0.2, 0.25) is 0 Å². The van der Waals surface area contributed by atoms with Crippen molar-refractivity contribution in [2.45, 2.75) is 26.5 Å². The predicted molar refractivity (Wildman–Crippen MR) is 105 cm³/mol. The van der Waals surface area contributed by atoms with Gasteiger partial charge in [-0.15, -0.1) is 0 Å². The fourth-order valence-corrected chi connectivity index (χ4v) is 2.57. The molecule has 0 radical (unpaired) electrons. The summed E-state index contributed by atoms with van der Waals surface area (Å²) in [6, 6.07) is 17.0. The first-order valence-corrected chi connectivity index (χ1v) is 8.90. The van der Waals surface area contributed by atoms with E-state index >= 15 is 0 Å². The number of benzene rings is 2. The Balaban J connectivity index is 1.91. The van der Waals surface area contributed by atoms with E-state index in [4.69, 9.17) is 9.47 Å². The third-order valence-electron chi connectivity index (χ3n) is 3.90. The topological polar surface area (TPSA) is 55.8 Å². The molecule has 0 N–H and O–H groups in total. The van der Waals surface area contributed by atoms with Crippen LogP contribution in [0.3, 0.4) is 0 Å². The number of amides is 1. The van der Waals surface area contributed by atoms with Gasteiger partial charge in [0.25, 0.3) is 5.91 Å². The molecular weight excluding hydrogens is 342 g/mol. The minimum Gasteiger partial charge on any atom is -0.493 e. The molecule has 0 saturated heterocycles. The number of hydrogen-bond acceptors (Lipinski definition) is 4. The van der Waals surface area contributed by atoms with Gasteiger partial charge in [-0.2, -0.15) is 0 Å². The van der Waals surface area contributed by atoms with E-state index in [9.17, 15) is 9.59 Å². The van der Waals surface area contributed by atoms with E-state index in [-0.39, 0.29) is 5.91 Å². The quantitative estimate of drug-likeness (QED) is 0.527. The summed E-state index contributed by atoms with van der Waals surface area (Å²) in [7, 11) is 1.69. The monoisotopic (exact) mass is 367 g/mol. The number of likely N-dealkylation sites (N-methyl/N-ethyl adjacent to an activating group) is 1. The lowest BCUT2D eigenvalue weighted by Crippen LogP contribution is -2.36. The van der Waals surface area contributed by atoms with Gasteiger partial charge in [-0.25, -0.2) is 4.79 Å². The minimum absolute atomic E-state index is 0.254. The van der Waals surface area contributed by atoms with Crippen LogP contribution in [0.5, 0.6) is 5.75 Å². The van der Waals surface area contributed by atoms with Crippen molar-refractivity contribution < 1.29 is 19.1 Å². The van der Waals surface area contributed by atoms with E-state index in [1.54, 1.807) is 24.9 Å². The van der Waals surface area contributed by atoms with Crippen LogP contribution >= 0.6 is 0 Å². The smallest absolute Gasteiger partial charge is 0.331 e. The van der Waals surface area contributed by atoms with Crippen molar-refractivity contribution in [3.05, 3.63) is 71.8 Å². The SMILES string of the molecule is CCOc1ccccc1/C=C/C(=O)OC(C)C(=O)N(C)Cc1ccccc1. The highest BCUT2D eigenvalue weighted by Crippen LogP contribution is 2.19. The maximum atomic E-state index is 12.4. The average Bonchev–Trinajstić information content (AvgIpc) is 2.67. The Morgan fingerprint density at radius 3 is 2.44 bits per heavy atom. The Morgan fingerprint density at radius 1 is 1.07 bits per heavy atom. The first-order valence-electron chi connectivity index (χ1n) is 8.90. The van der Waals surface area contributed by atoms with Gasteiger partial charge in [-0.1, -0.05) is 48.5 Å². The van der Waals surface area contributed by atoms with Crippen LogP contribution in [0.1, 0.15) is 25.0 Å². The van der Waals surface area contributed by atoms with Crippen molar-refractivity contribution in [1.82, 2.24) is 4.90 Å². The van der Waals surface area contributed by atoms with Gasteiger partial charge >= 0.3 is 5.97 Å². The largest absolute Gasteiger partial charge is 0.493 e. The predicted octanol–water partition coefficient (Wildman–Crippen LogP) is 3.69. The number of carbonyl (C=O) groups is 2. The molecule has 2 rings (SSSR count). The van der Waals surface area contributed by atoms with Gasteiger partial charge in [0.2, 0.25) is 0 Å². The van der Waals surface area contributed by atoms with Crippen molar-refractivity contribution in [3.63, 3.8) is 0 Å². The Kier molecular flexibility index (Phi) is 7.62. The lowest BCUT2D eigenvalue weighted by Gasteiger charge is -2.21. The molecule has 0 aliphatic carbocycles. The first kappa shape index (κ1) is 20.2. The molecule has 1 unspecified atom stereocenters. The molecule has 2 aromatic carbocycles. The summed E-state index contributed by atoms with van der Waals surface area (Å²) in [6.45, 7) is 4.46. The minimum atomic E-state index is -0.863. The van der Waals surface area contributed by atoms with E-state index in [1.165, 1.54) is 6.08 Å². The summed E-state index contributed by atoms with van der Waals surface area (Å²) in [4.78, 5) is 26.0. The number of nitrogens with zero attached hydrogens (tertiary/aromatic N) is 1. The molecule has 0 aliphatic heterocycles. The highest BCUT2D eigenvalue weighted by molar-refractivity contribution is 5.90. The first-order chi connectivity index (χ1) is 13.0. The highest BCUT2D eigenvalue weighted by Gasteiger charge is 2.20. The van der Waals surface area contributed by atoms with Crippen molar-refractivity contribution in [1.29, 1.82) is 0 Å². The van der Waals surface area contributed by atoms with Crippen molar-refractivity contribution in [2.75, 3.05) is 13.7 Å². The van der Waals surface area contributed by atoms with E-state index < -0.39 is 12.1 Å². The summed E-state index contributed by atoms with van der Waals surface area (Å²) in [6.07, 6.45) is 2.06. The zero-order valence-electron chi connectivity index (χ0n) is 15.9. The number of hydrogen-bond donors (Lipinski definition) is 0. The highest BCUT2D eigenvalue weighted by atomic mass is 16.5. The molecule has 0 aromatic heterocycles. The second-order valence-electron chi connectivity index (χ2n) is 6.06. The lowest BCUT2D eigenvalue weighted by atomic mass is 10.2. The van der Waals surface area contributed by atoms with Crippen molar-refractivity contribution >= 4 is 18.0 Å². The number of para-hydroxylation sites is 1. The van der Waals surface area contributed by atoms with E-state index in [0.717, 1.165) is 11.1 Å². The van der Waals surface area contributed by atoms with Crippen LogP contribution in [0.4, 0.5) is 0 Å². The van der Waals surface area contributed by atoms with E-state index in [1.807, 2.05) is 61.5 Å². The molecule has 0 aliphatic rings. The lowest BCUT2D eigenvalue weighted by molar-refractivity contribution is -0.154. The molecule has 1 amide bonds. The Labute approximate surface area is 160 Å². The molecule has 1 atom stereocenters. The van der Waals surface area contributed by atoms with Gasteiger partial charge in [-0.3, -0.25) is 4.79 Å². The van der Waals surface area contributed by atoms with Crippen LogP contribution in [-0.2, 0) is 20.9 Å². The second-order valence-corrected chi connectivity index (χ2v) is 6.06. The van der Waals surface area contributed by atoms with Gasteiger partial charge in [0.15, 0.2) is 6.10 Å². The van der Waals surface area contributed by atoms with Crippen LogP contribution in [0.25, 0.3) is 6.08 Å². The Hall–Kier alpha value is -3.08. The van der Waals surface area contributed by atoms with Gasteiger partial charge in [0.05, 0.1) is 6.61 Å². The standard InChI is InChI=1S/C22H25NO4/c1-4-26-20-13-9-8-12-19(20)14-15-21(24)27-17(2)22(25)23(3)16-18-10-6-5-7-11-18/h5-15,17H,4,16H2,1-3H3/b15-14+. The number of esters is 1. The van der Waals surface area contributed by atoms with Crippen LogP contribution < -0.4 is 4.74 Å². The summed E-state index contributed by atoms with van der Waals surface area (Å²) in [5.41, 5.74) is 1.79. The Bertz CT molecular complexity index is 786. The third-order valence-corrected chi connectivity index (χ3v) is 3.90. The number of rotatable bonds is 8. The van der Waals surface area contributed by atoms with E-state index in [2.05, 4.69) is 0 Å². The molecule has 5 heteroatoms. The molecular formula is C22H25NO4. The van der Waals surface area contributed by atoms with Gasteiger partial charge in [0.1, 0.15) is 5.75 Å². The van der Waals surface area contributed by atoms with Crippen molar-refractivity contribution in [2.24, 2.45) is 0 Å².